The van der Waals surface area contributed by atoms with E-state index in [2.05, 4.69) is 26.0 Å². The van der Waals surface area contributed by atoms with Crippen LogP contribution in [-0.2, 0) is 6.42 Å². The minimum Gasteiger partial charge on any atom is -0.448 e. The Kier molecular flexibility index (Phi) is 2.89. The maximum absolute atomic E-state index is 5.66. The highest BCUT2D eigenvalue weighted by Gasteiger charge is 2.17. The van der Waals surface area contributed by atoms with Crippen LogP contribution < -0.4 is 5.73 Å². The molecule has 0 spiro atoms. The highest BCUT2D eigenvalue weighted by atomic mass is 79.9. The summed E-state index contributed by atoms with van der Waals surface area (Å²) in [6, 6.07) is 5.57. The fourth-order valence-corrected chi connectivity index (χ4v) is 2.25. The fourth-order valence-electron chi connectivity index (χ4n) is 1.95. The monoisotopic (exact) mass is 306 g/mol. The summed E-state index contributed by atoms with van der Waals surface area (Å²) < 4.78 is 7.99. The normalized spacial score (nSPS) is 11.2. The van der Waals surface area contributed by atoms with E-state index in [9.17, 15) is 0 Å². The number of nitrogens with zero attached hydrogens (tertiary/aromatic N) is 3. The molecule has 0 amide bonds. The van der Waals surface area contributed by atoms with Crippen LogP contribution in [0.4, 0.5) is 0 Å². The maximum atomic E-state index is 5.66. The molecule has 3 aromatic heterocycles. The summed E-state index contributed by atoms with van der Waals surface area (Å²) in [6.07, 6.45) is 4.33. The van der Waals surface area contributed by atoms with Gasteiger partial charge in [-0.05, 0) is 47.1 Å². The van der Waals surface area contributed by atoms with Gasteiger partial charge in [0.15, 0.2) is 16.1 Å². The molecule has 0 radical (unpaired) electrons. The van der Waals surface area contributed by atoms with Gasteiger partial charge in [0, 0.05) is 18.0 Å². The molecule has 2 N–H and O–H groups in total. The van der Waals surface area contributed by atoms with E-state index in [1.807, 2.05) is 24.4 Å². The lowest BCUT2D eigenvalue weighted by Gasteiger charge is -1.97. The van der Waals surface area contributed by atoms with E-state index in [-0.39, 0.29) is 0 Å². The number of aromatic nitrogens is 3. The summed E-state index contributed by atoms with van der Waals surface area (Å²) in [7, 11) is 0. The average Bonchev–Trinajstić information content (AvgIpc) is 2.95. The summed E-state index contributed by atoms with van der Waals surface area (Å²) >= 11 is 3.30. The van der Waals surface area contributed by atoms with Gasteiger partial charge in [0.1, 0.15) is 5.69 Å². The molecule has 3 rings (SSSR count). The summed E-state index contributed by atoms with van der Waals surface area (Å²) in [6.45, 7) is 0.548. The van der Waals surface area contributed by atoms with E-state index in [4.69, 9.17) is 10.2 Å². The van der Waals surface area contributed by atoms with Crippen molar-refractivity contribution in [2.45, 2.75) is 6.42 Å². The number of furan rings is 1. The topological polar surface area (TPSA) is 69.3 Å². The predicted molar refractivity (Wildman–Crippen MR) is 71.1 cm³/mol. The molecule has 6 heteroatoms. The van der Waals surface area contributed by atoms with Gasteiger partial charge in [-0.3, -0.25) is 0 Å². The van der Waals surface area contributed by atoms with Gasteiger partial charge < -0.3 is 10.2 Å². The number of nitrogens with two attached hydrogens (primary N) is 1. The van der Waals surface area contributed by atoms with Gasteiger partial charge in [-0.25, -0.2) is 9.50 Å². The first-order chi connectivity index (χ1) is 8.79. The lowest BCUT2D eigenvalue weighted by atomic mass is 10.1. The van der Waals surface area contributed by atoms with Gasteiger partial charge in [-0.2, -0.15) is 5.10 Å². The molecule has 0 aliphatic heterocycles. The van der Waals surface area contributed by atoms with Crippen LogP contribution >= 0.6 is 15.9 Å². The first-order valence-electron chi connectivity index (χ1n) is 5.57. The van der Waals surface area contributed by atoms with Crippen LogP contribution in [0.2, 0.25) is 0 Å². The Bertz CT molecular complexity index is 688. The molecule has 0 saturated heterocycles. The van der Waals surface area contributed by atoms with Crippen molar-refractivity contribution >= 4 is 21.6 Å². The molecule has 18 heavy (non-hydrogen) atoms. The summed E-state index contributed by atoms with van der Waals surface area (Å²) in [4.78, 5) is 4.34. The van der Waals surface area contributed by atoms with E-state index >= 15 is 0 Å². The number of hydrogen-bond acceptors (Lipinski definition) is 4. The van der Waals surface area contributed by atoms with Crippen LogP contribution in [0.1, 0.15) is 5.56 Å². The molecular weight excluding hydrogens is 296 g/mol. The molecule has 0 aliphatic rings. The van der Waals surface area contributed by atoms with Crippen molar-refractivity contribution in [1.82, 2.24) is 14.6 Å². The fraction of sp³-hybridized carbons (Fsp3) is 0.167. The predicted octanol–water partition coefficient (Wildman–Crippen LogP) is 2.25. The standard InChI is InChI=1S/C12H11BrN4O/c13-10-3-2-9(18-10)11-8(4-5-14)12-15-6-1-7-17(12)16-11/h1-3,6-7H,4-5,14H2. The quantitative estimate of drug-likeness (QED) is 0.806. The van der Waals surface area contributed by atoms with Crippen molar-refractivity contribution in [3.63, 3.8) is 0 Å². The molecule has 5 nitrogen and oxygen atoms in total. The van der Waals surface area contributed by atoms with Gasteiger partial charge in [0.2, 0.25) is 0 Å². The lowest BCUT2D eigenvalue weighted by Crippen LogP contribution is -2.03. The van der Waals surface area contributed by atoms with Crippen LogP contribution in [0.25, 0.3) is 17.1 Å². The minimum atomic E-state index is 0.548. The molecule has 0 saturated carbocycles. The smallest absolute Gasteiger partial charge is 0.169 e. The van der Waals surface area contributed by atoms with Crippen molar-refractivity contribution < 1.29 is 4.42 Å². The Morgan fingerprint density at radius 1 is 1.39 bits per heavy atom. The Balaban J connectivity index is 2.24. The highest BCUT2D eigenvalue weighted by molar-refractivity contribution is 9.10. The molecule has 0 bridgehead atoms. The van der Waals surface area contributed by atoms with Crippen molar-refractivity contribution in [3.8, 4) is 11.5 Å². The zero-order valence-corrected chi connectivity index (χ0v) is 11.1. The molecule has 0 atom stereocenters. The van der Waals surface area contributed by atoms with E-state index in [0.717, 1.165) is 22.7 Å². The SMILES string of the molecule is NCCc1c(-c2ccc(Br)o2)nn2cccnc12. The second-order valence-corrected chi connectivity index (χ2v) is 4.64. The first-order valence-corrected chi connectivity index (χ1v) is 6.37. The van der Waals surface area contributed by atoms with E-state index < -0.39 is 0 Å². The second kappa shape index (κ2) is 4.55. The molecule has 3 heterocycles. The van der Waals surface area contributed by atoms with Crippen molar-refractivity contribution in [1.29, 1.82) is 0 Å². The summed E-state index contributed by atoms with van der Waals surface area (Å²) in [5.41, 5.74) is 8.29. The highest BCUT2D eigenvalue weighted by Crippen LogP contribution is 2.28. The van der Waals surface area contributed by atoms with E-state index in [0.29, 0.717) is 17.6 Å². The molecule has 0 aliphatic carbocycles. The van der Waals surface area contributed by atoms with E-state index in [1.54, 1.807) is 10.7 Å². The molecule has 0 unspecified atom stereocenters. The third-order valence-electron chi connectivity index (χ3n) is 2.69. The van der Waals surface area contributed by atoms with Crippen molar-refractivity contribution in [3.05, 3.63) is 40.8 Å². The Labute approximate surface area is 112 Å². The number of hydrogen-bond donors (Lipinski definition) is 1. The van der Waals surface area contributed by atoms with Gasteiger partial charge in [-0.15, -0.1) is 0 Å². The molecule has 0 fully saturated rings. The molecular formula is C12H11BrN4O. The first kappa shape index (κ1) is 11.4. The Hall–Kier alpha value is -1.66. The third-order valence-corrected chi connectivity index (χ3v) is 3.12. The van der Waals surface area contributed by atoms with Gasteiger partial charge in [0.05, 0.1) is 0 Å². The maximum Gasteiger partial charge on any atom is 0.169 e. The van der Waals surface area contributed by atoms with Crippen molar-refractivity contribution in [2.24, 2.45) is 5.73 Å². The van der Waals surface area contributed by atoms with Crippen LogP contribution in [0, 0.1) is 0 Å². The minimum absolute atomic E-state index is 0.548. The zero-order valence-electron chi connectivity index (χ0n) is 9.51. The van der Waals surface area contributed by atoms with E-state index in [1.165, 1.54) is 0 Å². The van der Waals surface area contributed by atoms with Crippen LogP contribution in [0.5, 0.6) is 0 Å². The van der Waals surface area contributed by atoms with Crippen LogP contribution in [0.3, 0.4) is 0 Å². The Morgan fingerprint density at radius 2 is 2.28 bits per heavy atom. The second-order valence-electron chi connectivity index (χ2n) is 3.86. The molecule has 3 aromatic rings. The largest absolute Gasteiger partial charge is 0.448 e. The van der Waals surface area contributed by atoms with Gasteiger partial charge in [-0.1, -0.05) is 0 Å². The van der Waals surface area contributed by atoms with Gasteiger partial charge in [0.25, 0.3) is 0 Å². The van der Waals surface area contributed by atoms with Crippen LogP contribution in [0.15, 0.2) is 39.7 Å². The lowest BCUT2D eigenvalue weighted by molar-refractivity contribution is 0.552. The van der Waals surface area contributed by atoms with Gasteiger partial charge >= 0.3 is 0 Å². The number of halogens is 1. The number of rotatable bonds is 3. The molecule has 0 aromatic carbocycles. The van der Waals surface area contributed by atoms with Crippen molar-refractivity contribution in [2.75, 3.05) is 6.54 Å². The van der Waals surface area contributed by atoms with Crippen LogP contribution in [-0.4, -0.2) is 21.1 Å². The zero-order chi connectivity index (χ0) is 12.5. The number of fused-ring (bicyclic) bond motifs is 1. The summed E-state index contributed by atoms with van der Waals surface area (Å²) in [5, 5.41) is 4.50. The summed E-state index contributed by atoms with van der Waals surface area (Å²) in [5.74, 6) is 0.718. The third kappa shape index (κ3) is 1.83. The molecule has 92 valence electrons. The average molecular weight is 307 g/mol. The Morgan fingerprint density at radius 3 is 3.00 bits per heavy atom.